The molecule has 0 spiro atoms. The molecule has 0 aromatic heterocycles. The minimum atomic E-state index is -0.270. The van der Waals surface area contributed by atoms with Crippen molar-refractivity contribution in [2.45, 2.75) is 0 Å². The van der Waals surface area contributed by atoms with E-state index in [1.165, 1.54) is 38.7 Å². The van der Waals surface area contributed by atoms with Gasteiger partial charge in [0, 0.05) is 33.4 Å². The summed E-state index contributed by atoms with van der Waals surface area (Å²) in [6.45, 7) is 0. The molecule has 0 unspecified atom stereocenters. The number of fused-ring (bicyclic) bond motifs is 9. The molecular weight excluding hydrogens is 1360 g/mol. The molecule has 111 heavy (non-hydrogen) atoms. The normalized spacial score (nSPS) is 11.3. The van der Waals surface area contributed by atoms with Crippen LogP contribution >= 0.6 is 0 Å². The van der Waals surface area contributed by atoms with E-state index in [9.17, 15) is 29.7 Å². The molecule has 0 amide bonds. The maximum Gasteiger partial charge on any atom is 0.194 e. The van der Waals surface area contributed by atoms with Gasteiger partial charge in [0.05, 0.1) is 0 Å². The summed E-state index contributed by atoms with van der Waals surface area (Å²) in [6, 6.07) is 129. The molecule has 0 heterocycles. The quantitative estimate of drug-likeness (QED) is 0.0939. The zero-order chi connectivity index (χ0) is 75.1. The summed E-state index contributed by atoms with van der Waals surface area (Å²) < 4.78 is 0. The van der Waals surface area contributed by atoms with Crippen LogP contribution in [0.5, 0.6) is 17.2 Å². The van der Waals surface area contributed by atoms with Crippen molar-refractivity contribution in [3.8, 4) is 72.9 Å². The Balaban J connectivity index is 0.000000117. The number of carbonyl (C=O) groups is 3. The second-order valence-electron chi connectivity index (χ2n) is 27.8. The monoisotopic (exact) mass is 1420 g/mol. The van der Waals surface area contributed by atoms with Gasteiger partial charge in [-0.2, -0.15) is 0 Å². The summed E-state index contributed by atoms with van der Waals surface area (Å²) in [5, 5.41) is 58.3. The van der Waals surface area contributed by atoms with E-state index in [2.05, 4.69) is 188 Å². The van der Waals surface area contributed by atoms with Crippen LogP contribution in [0.2, 0.25) is 0 Å². The first kappa shape index (κ1) is 68.0. The SMILES string of the molecule is O=C(c1ccccc1)c1c2ccccc2c(-c2ccc3ccccc3c2)c2cccc([O-])c12.O=C(c1ccccc1)c1cc(-c2c3ccccc3c(-c3ccc4ccccc4c3)c3ccccc23)ccc1[O-].O=C(c1ccccc1)c1ccc(-c2c3ccccc3c(-c3ccc4ccccc4c3)c3ccccc23)cc1[O-]. The maximum atomic E-state index is 13.7. The zero-order valence-corrected chi connectivity index (χ0v) is 60.0. The number of ketones is 3. The standard InChI is InChI=1S/2C37H24O2.C31H20O2/c38-34-21-20-28(23-33(34)37(39)25-11-2-1-3-12-25)36-31-16-8-6-14-29(31)35(30-15-7-9-17-32(30)36)27-19-18-24-10-4-5-13-26(24)22-27;38-34-23-28(20-21-33(34)37(39)25-11-2-1-3-12-25)36-31-16-8-6-14-29(31)35(30-15-7-9-17-32(30)36)27-19-18-24-10-4-5-13-26(24)22-27;32-27-16-8-15-26-28(23-18-17-20-9-4-5-12-22(20)19-23)24-13-6-7-14-25(24)30(29(26)27)31(33)21-10-2-1-3-11-21/h2*1-23,38H;1-19,32H/p-3. The smallest absolute Gasteiger partial charge is 0.194 e. The molecule has 0 aliphatic rings. The van der Waals surface area contributed by atoms with Crippen molar-refractivity contribution in [3.63, 3.8) is 0 Å². The number of hydrogen-bond acceptors (Lipinski definition) is 6. The largest absolute Gasteiger partial charge is 0.872 e. The van der Waals surface area contributed by atoms with Crippen LogP contribution in [0, 0.1) is 0 Å². The van der Waals surface area contributed by atoms with Crippen molar-refractivity contribution in [3.05, 3.63) is 428 Å². The van der Waals surface area contributed by atoms with E-state index in [0.29, 0.717) is 27.6 Å². The second-order valence-corrected chi connectivity index (χ2v) is 27.8. The molecular formula is C105H65O6-3. The zero-order valence-electron chi connectivity index (χ0n) is 60.0. The Morgan fingerprint density at radius 3 is 0.847 bits per heavy atom. The van der Waals surface area contributed by atoms with Gasteiger partial charge in [-0.05, 0) is 177 Å². The van der Waals surface area contributed by atoms with E-state index in [1.54, 1.807) is 78.9 Å². The first-order valence-corrected chi connectivity index (χ1v) is 37.0. The average molecular weight is 1420 g/mol. The molecule has 0 bridgehead atoms. The topological polar surface area (TPSA) is 120 Å². The van der Waals surface area contributed by atoms with E-state index in [0.717, 1.165) is 115 Å². The first-order valence-electron chi connectivity index (χ1n) is 37.0. The van der Waals surface area contributed by atoms with E-state index in [-0.39, 0.29) is 45.7 Å². The molecule has 6 nitrogen and oxygen atoms in total. The molecule has 0 fully saturated rings. The molecule has 0 saturated heterocycles. The lowest BCUT2D eigenvalue weighted by atomic mass is 9.85. The van der Waals surface area contributed by atoms with Gasteiger partial charge in [-0.25, -0.2) is 0 Å². The summed E-state index contributed by atoms with van der Waals surface area (Å²) >= 11 is 0. The minimum Gasteiger partial charge on any atom is -0.872 e. The van der Waals surface area contributed by atoms with Crippen LogP contribution in [-0.2, 0) is 0 Å². The average Bonchev–Trinajstić information content (AvgIpc) is 0.726. The van der Waals surface area contributed by atoms with Gasteiger partial charge in [0.1, 0.15) is 0 Å². The maximum absolute atomic E-state index is 13.7. The van der Waals surface area contributed by atoms with Crippen LogP contribution in [0.15, 0.2) is 394 Å². The Hall–Kier alpha value is -14.9. The van der Waals surface area contributed by atoms with E-state index >= 15 is 0 Å². The molecule has 0 saturated carbocycles. The first-order chi connectivity index (χ1) is 54.6. The van der Waals surface area contributed by atoms with Crippen molar-refractivity contribution in [2.24, 2.45) is 0 Å². The molecule has 6 heteroatoms. The molecule has 20 rings (SSSR count). The third-order valence-corrected chi connectivity index (χ3v) is 21.4. The van der Waals surface area contributed by atoms with Gasteiger partial charge < -0.3 is 15.3 Å². The number of rotatable bonds is 11. The number of benzene rings is 20. The highest BCUT2D eigenvalue weighted by molar-refractivity contribution is 6.30. The van der Waals surface area contributed by atoms with Crippen LogP contribution in [0.4, 0.5) is 0 Å². The van der Waals surface area contributed by atoms with Gasteiger partial charge >= 0.3 is 0 Å². The Morgan fingerprint density at radius 1 is 0.180 bits per heavy atom. The van der Waals surface area contributed by atoms with Crippen LogP contribution in [0.25, 0.3) is 153 Å². The lowest BCUT2D eigenvalue weighted by molar-refractivity contribution is -0.269. The van der Waals surface area contributed by atoms with Crippen LogP contribution in [0.1, 0.15) is 47.8 Å². The van der Waals surface area contributed by atoms with Crippen molar-refractivity contribution < 1.29 is 29.7 Å². The van der Waals surface area contributed by atoms with Gasteiger partial charge in [-0.1, -0.05) is 382 Å². The van der Waals surface area contributed by atoms with Gasteiger partial charge in [0.15, 0.2) is 17.3 Å². The minimum absolute atomic E-state index is 0.134. The molecule has 20 aromatic rings. The molecule has 0 aliphatic heterocycles. The molecule has 524 valence electrons. The van der Waals surface area contributed by atoms with E-state index in [1.807, 2.05) is 121 Å². The summed E-state index contributed by atoms with van der Waals surface area (Å²) in [6.07, 6.45) is 0. The summed E-state index contributed by atoms with van der Waals surface area (Å²) in [7, 11) is 0. The van der Waals surface area contributed by atoms with E-state index in [4.69, 9.17) is 0 Å². The highest BCUT2D eigenvalue weighted by Crippen LogP contribution is 2.48. The third-order valence-electron chi connectivity index (χ3n) is 21.4. The fourth-order valence-corrected chi connectivity index (χ4v) is 16.2. The summed E-state index contributed by atoms with van der Waals surface area (Å²) in [5.41, 5.74) is 12.8. The van der Waals surface area contributed by atoms with Crippen LogP contribution < -0.4 is 15.3 Å². The van der Waals surface area contributed by atoms with Crippen LogP contribution in [-0.4, -0.2) is 17.3 Å². The molecule has 0 N–H and O–H groups in total. The Labute approximate surface area is 640 Å². The Bertz CT molecular complexity index is 6990. The Morgan fingerprint density at radius 2 is 0.459 bits per heavy atom. The van der Waals surface area contributed by atoms with Gasteiger partial charge in [-0.15, -0.1) is 5.75 Å². The highest BCUT2D eigenvalue weighted by atomic mass is 16.3. The highest BCUT2D eigenvalue weighted by Gasteiger charge is 2.24. The predicted octanol–water partition coefficient (Wildman–Crippen LogP) is 24.7. The van der Waals surface area contributed by atoms with Crippen molar-refractivity contribution in [1.29, 1.82) is 0 Å². The lowest BCUT2D eigenvalue weighted by Crippen LogP contribution is -2.06. The number of hydrogen-bond donors (Lipinski definition) is 0. The van der Waals surface area contributed by atoms with Crippen molar-refractivity contribution in [2.75, 3.05) is 0 Å². The molecule has 20 aromatic carbocycles. The van der Waals surface area contributed by atoms with Crippen molar-refractivity contribution in [1.82, 2.24) is 0 Å². The fourth-order valence-electron chi connectivity index (χ4n) is 16.2. The summed E-state index contributed by atoms with van der Waals surface area (Å²) in [4.78, 5) is 40.1. The number of carbonyl (C=O) groups excluding carboxylic acids is 3. The van der Waals surface area contributed by atoms with Gasteiger partial charge in [0.25, 0.3) is 0 Å². The summed E-state index contributed by atoms with van der Waals surface area (Å²) in [5.74, 6) is -1.33. The predicted molar refractivity (Wildman–Crippen MR) is 452 cm³/mol. The second kappa shape index (κ2) is 29.1. The third kappa shape index (κ3) is 12.6. The lowest BCUT2D eigenvalue weighted by Gasteiger charge is -2.21. The fraction of sp³-hybridized carbons (Fsp3) is 0. The van der Waals surface area contributed by atoms with E-state index < -0.39 is 0 Å². The van der Waals surface area contributed by atoms with Gasteiger partial charge in [0.2, 0.25) is 0 Å². The molecule has 0 radical (unpaired) electrons. The van der Waals surface area contributed by atoms with Crippen LogP contribution in [0.3, 0.4) is 0 Å². The Kier molecular flexibility index (Phi) is 17.8. The van der Waals surface area contributed by atoms with Crippen molar-refractivity contribution >= 4 is 114 Å². The molecule has 0 atom stereocenters. The van der Waals surface area contributed by atoms with Gasteiger partial charge in [-0.3, -0.25) is 14.4 Å². The molecule has 0 aliphatic carbocycles.